The van der Waals surface area contributed by atoms with E-state index in [1.807, 2.05) is 4.89 Å². The Morgan fingerprint density at radius 2 is 2.25 bits per heavy atom. The van der Waals surface area contributed by atoms with Crippen molar-refractivity contribution in [2.45, 2.75) is 18.7 Å². The van der Waals surface area contributed by atoms with Gasteiger partial charge in [0.15, 0.2) is 0 Å². The van der Waals surface area contributed by atoms with Gasteiger partial charge in [-0.05, 0) is 13.8 Å². The molecule has 1 aromatic rings. The first-order valence-corrected chi connectivity index (χ1v) is 5.84. The molecule has 1 heterocycles. The Bertz CT molecular complexity index is 489. The van der Waals surface area contributed by atoms with E-state index < -0.39 is 21.8 Å². The third-order valence-electron chi connectivity index (χ3n) is 1.69. The lowest BCUT2D eigenvalue weighted by molar-refractivity contribution is 0.0661. The van der Waals surface area contributed by atoms with E-state index in [9.17, 15) is 13.2 Å². The van der Waals surface area contributed by atoms with Crippen molar-refractivity contribution in [2.24, 2.45) is 0 Å². The molecule has 0 spiro atoms. The van der Waals surface area contributed by atoms with E-state index in [1.54, 1.807) is 6.92 Å². The van der Waals surface area contributed by atoms with Gasteiger partial charge in [0, 0.05) is 6.07 Å². The fourth-order valence-corrected chi connectivity index (χ4v) is 2.06. The summed E-state index contributed by atoms with van der Waals surface area (Å²) in [7, 11) is -3.90. The van der Waals surface area contributed by atoms with Gasteiger partial charge in [0.1, 0.15) is 10.7 Å². The second-order valence-electron chi connectivity index (χ2n) is 2.86. The second-order valence-corrected chi connectivity index (χ2v) is 4.47. The number of carbonyl (C=O) groups is 1. The smallest absolute Gasteiger partial charge is 0.371 e. The number of carboxylic acids is 1. The van der Waals surface area contributed by atoms with Gasteiger partial charge in [-0.1, -0.05) is 4.89 Å². The van der Waals surface area contributed by atoms with Gasteiger partial charge in [-0.25, -0.2) is 13.2 Å². The van der Waals surface area contributed by atoms with Crippen LogP contribution < -0.4 is 4.89 Å². The Hall–Kier alpha value is -1.38. The van der Waals surface area contributed by atoms with E-state index in [0.717, 1.165) is 6.07 Å². The number of hydrogen-bond acceptors (Lipinski definition) is 5. The molecule has 1 aromatic heterocycles. The summed E-state index contributed by atoms with van der Waals surface area (Å²) in [6, 6.07) is 0.930. The van der Waals surface area contributed by atoms with Crippen molar-refractivity contribution in [1.82, 2.24) is 4.89 Å². The van der Waals surface area contributed by atoms with Crippen LogP contribution >= 0.6 is 0 Å². The Kier molecular flexibility index (Phi) is 3.68. The summed E-state index contributed by atoms with van der Waals surface area (Å²) >= 11 is 0. The third kappa shape index (κ3) is 2.60. The highest BCUT2D eigenvalue weighted by Gasteiger charge is 2.23. The van der Waals surface area contributed by atoms with Crippen molar-refractivity contribution in [3.63, 3.8) is 0 Å². The van der Waals surface area contributed by atoms with Crippen LogP contribution in [-0.2, 0) is 14.9 Å². The first-order chi connectivity index (χ1) is 7.38. The summed E-state index contributed by atoms with van der Waals surface area (Å²) in [5.41, 5.74) is 0. The van der Waals surface area contributed by atoms with Crippen LogP contribution in [0.3, 0.4) is 0 Å². The van der Waals surface area contributed by atoms with E-state index in [1.165, 1.54) is 6.92 Å². The van der Waals surface area contributed by atoms with E-state index >= 15 is 0 Å². The zero-order valence-corrected chi connectivity index (χ0v) is 9.50. The molecule has 0 unspecified atom stereocenters. The molecule has 0 aliphatic rings. The van der Waals surface area contributed by atoms with E-state index in [-0.39, 0.29) is 17.3 Å². The van der Waals surface area contributed by atoms with Crippen LogP contribution in [0.4, 0.5) is 0 Å². The predicted molar refractivity (Wildman–Crippen MR) is 52.4 cm³/mol. The number of furan rings is 1. The maximum absolute atomic E-state index is 11.6. The minimum absolute atomic E-state index is 0.00963. The molecule has 90 valence electrons. The van der Waals surface area contributed by atoms with Crippen LogP contribution in [0, 0.1) is 6.92 Å². The minimum Gasteiger partial charge on any atom is -0.475 e. The molecule has 0 bridgehead atoms. The molecule has 8 heteroatoms. The average Bonchev–Trinajstić information content (AvgIpc) is 2.58. The highest BCUT2D eigenvalue weighted by Crippen LogP contribution is 2.19. The predicted octanol–water partition coefficient (Wildman–Crippen LogP) is 0.516. The van der Waals surface area contributed by atoms with Crippen LogP contribution in [0.15, 0.2) is 15.4 Å². The molecule has 0 amide bonds. The Labute approximate surface area is 92.0 Å². The lowest BCUT2D eigenvalue weighted by atomic mass is 10.4. The topological polar surface area (TPSA) is 106 Å². The monoisotopic (exact) mass is 249 g/mol. The Balaban J connectivity index is 3.08. The molecule has 16 heavy (non-hydrogen) atoms. The SMILES string of the molecule is CCONS(=O)(=O)c1cc(C(=O)O)oc1C. The van der Waals surface area contributed by atoms with Gasteiger partial charge in [0.2, 0.25) is 5.76 Å². The molecular weight excluding hydrogens is 238 g/mol. The van der Waals surface area contributed by atoms with Gasteiger partial charge in [0.05, 0.1) is 6.61 Å². The Morgan fingerprint density at radius 1 is 1.62 bits per heavy atom. The molecule has 0 atom stereocenters. The fraction of sp³-hybridized carbons (Fsp3) is 0.375. The largest absolute Gasteiger partial charge is 0.475 e. The van der Waals surface area contributed by atoms with Crippen molar-refractivity contribution >= 4 is 16.0 Å². The lowest BCUT2D eigenvalue weighted by Gasteiger charge is -2.03. The van der Waals surface area contributed by atoms with Crippen LogP contribution in [0.2, 0.25) is 0 Å². The van der Waals surface area contributed by atoms with Crippen molar-refractivity contribution in [3.05, 3.63) is 17.6 Å². The molecule has 1 rings (SSSR count). The summed E-state index contributed by atoms with van der Waals surface area (Å²) < 4.78 is 27.9. The molecule has 0 aliphatic carbocycles. The number of hydrogen-bond donors (Lipinski definition) is 2. The number of sulfonamides is 1. The molecule has 0 aliphatic heterocycles. The van der Waals surface area contributed by atoms with E-state index in [0.29, 0.717) is 0 Å². The van der Waals surface area contributed by atoms with Crippen molar-refractivity contribution in [1.29, 1.82) is 0 Å². The number of aromatic carboxylic acids is 1. The Morgan fingerprint density at radius 3 is 2.69 bits per heavy atom. The molecular formula is C8H11NO6S. The minimum atomic E-state index is -3.90. The first kappa shape index (κ1) is 12.7. The molecule has 2 N–H and O–H groups in total. The summed E-state index contributed by atoms with van der Waals surface area (Å²) in [5, 5.41) is 8.62. The maximum Gasteiger partial charge on any atom is 0.371 e. The number of carboxylic acid groups (broad SMARTS) is 1. The number of rotatable bonds is 5. The summed E-state index contributed by atoms with van der Waals surface area (Å²) in [6.45, 7) is 3.11. The zero-order chi connectivity index (χ0) is 12.3. The van der Waals surface area contributed by atoms with E-state index in [4.69, 9.17) is 9.52 Å². The second kappa shape index (κ2) is 4.64. The normalized spacial score (nSPS) is 11.6. The highest BCUT2D eigenvalue weighted by atomic mass is 32.2. The highest BCUT2D eigenvalue weighted by molar-refractivity contribution is 7.89. The number of aryl methyl sites for hydroxylation is 1. The van der Waals surface area contributed by atoms with Gasteiger partial charge in [0.25, 0.3) is 10.0 Å². The van der Waals surface area contributed by atoms with Gasteiger partial charge >= 0.3 is 5.97 Å². The first-order valence-electron chi connectivity index (χ1n) is 4.35. The third-order valence-corrected chi connectivity index (χ3v) is 3.01. The fourth-order valence-electron chi connectivity index (χ4n) is 1.02. The van der Waals surface area contributed by atoms with Gasteiger partial charge in [-0.3, -0.25) is 4.84 Å². The van der Waals surface area contributed by atoms with Crippen molar-refractivity contribution in [3.8, 4) is 0 Å². The molecule has 0 radical (unpaired) electrons. The van der Waals surface area contributed by atoms with Gasteiger partial charge in [-0.15, -0.1) is 0 Å². The molecule has 0 aromatic carbocycles. The van der Waals surface area contributed by atoms with Crippen LogP contribution in [0.1, 0.15) is 23.2 Å². The molecule has 0 saturated heterocycles. The summed E-state index contributed by atoms with van der Waals surface area (Å²) in [4.78, 5) is 16.7. The molecule has 7 nitrogen and oxygen atoms in total. The van der Waals surface area contributed by atoms with Gasteiger partial charge in [-0.2, -0.15) is 0 Å². The van der Waals surface area contributed by atoms with Crippen molar-refractivity contribution < 1.29 is 27.6 Å². The number of nitrogens with one attached hydrogen (secondary N) is 1. The van der Waals surface area contributed by atoms with Crippen LogP contribution in [-0.4, -0.2) is 26.1 Å². The summed E-state index contributed by atoms with van der Waals surface area (Å²) in [6.07, 6.45) is 0. The maximum atomic E-state index is 11.6. The van der Waals surface area contributed by atoms with Crippen molar-refractivity contribution in [2.75, 3.05) is 6.61 Å². The standard InChI is InChI=1S/C8H11NO6S/c1-3-14-9-16(12,13)7-4-6(8(10)11)15-5(7)2/h4,9H,3H2,1-2H3,(H,10,11). The average molecular weight is 249 g/mol. The summed E-state index contributed by atoms with van der Waals surface area (Å²) in [5.74, 6) is -1.78. The van der Waals surface area contributed by atoms with Crippen LogP contribution in [0.5, 0.6) is 0 Å². The van der Waals surface area contributed by atoms with Gasteiger partial charge < -0.3 is 9.52 Å². The molecule has 0 fully saturated rings. The van der Waals surface area contributed by atoms with Crippen LogP contribution in [0.25, 0.3) is 0 Å². The quantitative estimate of drug-likeness (QED) is 0.737. The lowest BCUT2D eigenvalue weighted by Crippen LogP contribution is -2.24. The molecule has 0 saturated carbocycles. The van der Waals surface area contributed by atoms with E-state index in [2.05, 4.69) is 4.84 Å². The zero-order valence-electron chi connectivity index (χ0n) is 8.68.